The lowest BCUT2D eigenvalue weighted by Crippen LogP contribution is -2.28. The van der Waals surface area contributed by atoms with Crippen molar-refractivity contribution in [3.63, 3.8) is 0 Å². The predicted molar refractivity (Wildman–Crippen MR) is 109 cm³/mol. The third kappa shape index (κ3) is 4.73. The highest BCUT2D eigenvalue weighted by Gasteiger charge is 2.18. The Hall–Kier alpha value is -3.38. The van der Waals surface area contributed by atoms with E-state index in [1.165, 1.54) is 6.08 Å². The summed E-state index contributed by atoms with van der Waals surface area (Å²) in [5, 5.41) is 0.455. The maximum Gasteiger partial charge on any atom is 0.247 e. The van der Waals surface area contributed by atoms with Gasteiger partial charge in [-0.2, -0.15) is 0 Å². The second kappa shape index (κ2) is 8.75. The fourth-order valence-electron chi connectivity index (χ4n) is 2.99. The third-order valence-electron chi connectivity index (χ3n) is 4.40. The predicted octanol–water partition coefficient (Wildman–Crippen LogP) is 4.10. The SMILES string of the molecule is O=C(/C=C/c1cc(Cl)c2c(c1)OCO2)N(Cc1ccncc1)Cc1cccnc1. The molecule has 0 fully saturated rings. The highest BCUT2D eigenvalue weighted by molar-refractivity contribution is 6.32. The van der Waals surface area contributed by atoms with Crippen LogP contribution in [0.4, 0.5) is 0 Å². The van der Waals surface area contributed by atoms with E-state index in [4.69, 9.17) is 21.1 Å². The largest absolute Gasteiger partial charge is 0.454 e. The number of carbonyl (C=O) groups excluding carboxylic acids is 1. The van der Waals surface area contributed by atoms with Gasteiger partial charge in [0, 0.05) is 44.0 Å². The van der Waals surface area contributed by atoms with E-state index in [2.05, 4.69) is 9.97 Å². The van der Waals surface area contributed by atoms with Gasteiger partial charge in [-0.1, -0.05) is 17.7 Å². The van der Waals surface area contributed by atoms with E-state index in [1.54, 1.807) is 47.9 Å². The molecule has 4 rings (SSSR count). The van der Waals surface area contributed by atoms with Gasteiger partial charge in [0.1, 0.15) is 0 Å². The molecule has 29 heavy (non-hydrogen) atoms. The molecule has 146 valence electrons. The number of aromatic nitrogens is 2. The van der Waals surface area contributed by atoms with Crippen LogP contribution in [-0.4, -0.2) is 27.6 Å². The summed E-state index contributed by atoms with van der Waals surface area (Å²) >= 11 is 6.22. The van der Waals surface area contributed by atoms with Crippen LogP contribution in [0.3, 0.4) is 0 Å². The summed E-state index contributed by atoms with van der Waals surface area (Å²) in [5.41, 5.74) is 2.71. The van der Waals surface area contributed by atoms with E-state index in [1.807, 2.05) is 24.3 Å². The van der Waals surface area contributed by atoms with Crippen molar-refractivity contribution < 1.29 is 14.3 Å². The van der Waals surface area contributed by atoms with Gasteiger partial charge in [-0.25, -0.2) is 0 Å². The standard InChI is InChI=1S/C22H18ClN3O3/c23-19-10-17(11-20-22(19)29-15-28-20)3-4-21(27)26(13-16-5-8-24-9-6-16)14-18-2-1-7-25-12-18/h1-12H,13-15H2/b4-3+. The molecule has 0 saturated carbocycles. The van der Waals surface area contributed by atoms with Crippen molar-refractivity contribution in [2.45, 2.75) is 13.1 Å². The summed E-state index contributed by atoms with van der Waals surface area (Å²) in [4.78, 5) is 22.9. The number of pyridine rings is 2. The summed E-state index contributed by atoms with van der Waals surface area (Å²) < 4.78 is 10.7. The average molecular weight is 408 g/mol. The Morgan fingerprint density at radius 3 is 2.69 bits per heavy atom. The van der Waals surface area contributed by atoms with E-state index < -0.39 is 0 Å². The monoisotopic (exact) mass is 407 g/mol. The van der Waals surface area contributed by atoms with Gasteiger partial charge in [-0.05, 0) is 53.1 Å². The Labute approximate surface area is 173 Å². The number of halogens is 1. The van der Waals surface area contributed by atoms with Crippen molar-refractivity contribution in [2.24, 2.45) is 0 Å². The van der Waals surface area contributed by atoms with E-state index in [0.29, 0.717) is 29.6 Å². The number of carbonyl (C=O) groups is 1. The Bertz CT molecular complexity index is 985. The fourth-order valence-corrected chi connectivity index (χ4v) is 3.26. The second-order valence-corrected chi connectivity index (χ2v) is 6.89. The lowest BCUT2D eigenvalue weighted by molar-refractivity contribution is -0.127. The zero-order valence-corrected chi connectivity index (χ0v) is 16.2. The molecule has 3 heterocycles. The molecule has 1 aromatic carbocycles. The van der Waals surface area contributed by atoms with Crippen LogP contribution < -0.4 is 9.47 Å². The summed E-state index contributed by atoms with van der Waals surface area (Å²) in [6.45, 7) is 1.05. The van der Waals surface area contributed by atoms with Gasteiger partial charge in [0.25, 0.3) is 0 Å². The highest BCUT2D eigenvalue weighted by Crippen LogP contribution is 2.40. The Kier molecular flexibility index (Phi) is 5.72. The van der Waals surface area contributed by atoms with Crippen LogP contribution in [0.2, 0.25) is 5.02 Å². The Morgan fingerprint density at radius 1 is 1.07 bits per heavy atom. The highest BCUT2D eigenvalue weighted by atomic mass is 35.5. The van der Waals surface area contributed by atoms with Crippen molar-refractivity contribution in [1.82, 2.24) is 14.9 Å². The van der Waals surface area contributed by atoms with Gasteiger partial charge in [0.05, 0.1) is 5.02 Å². The van der Waals surface area contributed by atoms with Crippen molar-refractivity contribution in [3.05, 3.63) is 89.0 Å². The quantitative estimate of drug-likeness (QED) is 0.575. The van der Waals surface area contributed by atoms with E-state index in [-0.39, 0.29) is 12.7 Å². The molecule has 0 spiro atoms. The molecule has 0 N–H and O–H groups in total. The summed E-state index contributed by atoms with van der Waals surface area (Å²) in [6.07, 6.45) is 10.2. The normalized spacial score (nSPS) is 12.3. The molecule has 6 nitrogen and oxygen atoms in total. The molecular weight excluding hydrogens is 390 g/mol. The minimum atomic E-state index is -0.126. The molecule has 0 saturated heterocycles. The summed E-state index contributed by atoms with van der Waals surface area (Å²) in [5.74, 6) is 0.985. The van der Waals surface area contributed by atoms with Crippen LogP contribution in [0.25, 0.3) is 6.08 Å². The molecule has 0 unspecified atom stereocenters. The average Bonchev–Trinajstić information content (AvgIpc) is 3.22. The van der Waals surface area contributed by atoms with Crippen molar-refractivity contribution in [1.29, 1.82) is 0 Å². The van der Waals surface area contributed by atoms with Crippen molar-refractivity contribution in [2.75, 3.05) is 6.79 Å². The first-order valence-corrected chi connectivity index (χ1v) is 9.41. The zero-order chi connectivity index (χ0) is 20.1. The van der Waals surface area contributed by atoms with Crippen LogP contribution >= 0.6 is 11.6 Å². The van der Waals surface area contributed by atoms with Crippen molar-refractivity contribution in [3.8, 4) is 11.5 Å². The molecule has 0 bridgehead atoms. The Balaban J connectivity index is 1.54. The van der Waals surface area contributed by atoms with Gasteiger partial charge in [-0.15, -0.1) is 0 Å². The number of hydrogen-bond acceptors (Lipinski definition) is 5. The molecule has 0 atom stereocenters. The first kappa shape index (κ1) is 19.0. The minimum Gasteiger partial charge on any atom is -0.454 e. The number of hydrogen-bond donors (Lipinski definition) is 0. The molecule has 0 radical (unpaired) electrons. The van der Waals surface area contributed by atoms with Crippen molar-refractivity contribution >= 4 is 23.6 Å². The third-order valence-corrected chi connectivity index (χ3v) is 4.68. The molecule has 1 aliphatic heterocycles. The van der Waals surface area contributed by atoms with Gasteiger partial charge >= 0.3 is 0 Å². The smallest absolute Gasteiger partial charge is 0.247 e. The maximum absolute atomic E-state index is 13.0. The molecular formula is C22H18ClN3O3. The van der Waals surface area contributed by atoms with E-state index >= 15 is 0 Å². The number of ether oxygens (including phenoxy) is 2. The van der Waals surface area contributed by atoms with Gasteiger partial charge in [0.2, 0.25) is 12.7 Å². The molecule has 0 aliphatic carbocycles. The van der Waals surface area contributed by atoms with Gasteiger partial charge in [0.15, 0.2) is 11.5 Å². The van der Waals surface area contributed by atoms with Crippen LogP contribution in [0.5, 0.6) is 11.5 Å². The first-order chi connectivity index (χ1) is 14.2. The Morgan fingerprint density at radius 2 is 1.90 bits per heavy atom. The van der Waals surface area contributed by atoms with E-state index in [9.17, 15) is 4.79 Å². The molecule has 1 amide bonds. The van der Waals surface area contributed by atoms with Crippen LogP contribution in [0, 0.1) is 0 Å². The number of rotatable bonds is 6. The zero-order valence-electron chi connectivity index (χ0n) is 15.5. The number of amides is 1. The fraction of sp³-hybridized carbons (Fsp3) is 0.136. The first-order valence-electron chi connectivity index (χ1n) is 9.03. The number of nitrogens with zero attached hydrogens (tertiary/aromatic N) is 3. The van der Waals surface area contributed by atoms with Crippen LogP contribution in [-0.2, 0) is 17.9 Å². The van der Waals surface area contributed by atoms with Crippen LogP contribution in [0.1, 0.15) is 16.7 Å². The van der Waals surface area contributed by atoms with E-state index in [0.717, 1.165) is 16.7 Å². The maximum atomic E-state index is 13.0. The van der Waals surface area contributed by atoms with Gasteiger partial charge in [-0.3, -0.25) is 14.8 Å². The summed E-state index contributed by atoms with van der Waals surface area (Å²) in [6, 6.07) is 11.1. The number of benzene rings is 1. The molecule has 2 aromatic heterocycles. The lowest BCUT2D eigenvalue weighted by atomic mass is 10.1. The molecule has 3 aromatic rings. The second-order valence-electron chi connectivity index (χ2n) is 6.48. The number of fused-ring (bicyclic) bond motifs is 1. The molecule has 1 aliphatic rings. The van der Waals surface area contributed by atoms with Crippen LogP contribution in [0.15, 0.2) is 67.3 Å². The van der Waals surface area contributed by atoms with Gasteiger partial charge < -0.3 is 14.4 Å². The summed E-state index contributed by atoms with van der Waals surface area (Å²) in [7, 11) is 0. The molecule has 7 heteroatoms. The minimum absolute atomic E-state index is 0.126. The topological polar surface area (TPSA) is 64.6 Å². The lowest BCUT2D eigenvalue weighted by Gasteiger charge is -2.21.